The standard InChI is InChI=1S/C23H20N6O3/c1-32-15-8-6-14(7-9-15)10-28-21-23(19-20(25-12-24-19)26-13-27-21)17(11-29(23)22(28)31)16-4-2-3-5-18(16)30/h2-9,12-13,17,30H,10-11H2,1H3,(H,24,25). The highest BCUT2D eigenvalue weighted by Gasteiger charge is 2.70. The van der Waals surface area contributed by atoms with Crippen molar-refractivity contribution in [2.45, 2.75) is 18.0 Å². The van der Waals surface area contributed by atoms with Crippen molar-refractivity contribution in [1.82, 2.24) is 19.8 Å². The molecule has 9 nitrogen and oxygen atoms in total. The fourth-order valence-corrected chi connectivity index (χ4v) is 5.04. The van der Waals surface area contributed by atoms with Crippen LogP contribution in [0.25, 0.3) is 0 Å². The number of aromatic amines is 1. The first kappa shape index (κ1) is 18.6. The molecule has 2 fully saturated rings. The number of aromatic nitrogens is 2. The van der Waals surface area contributed by atoms with Crippen LogP contribution in [0.15, 0.2) is 64.8 Å². The minimum Gasteiger partial charge on any atom is -0.508 e. The third kappa shape index (κ3) is 2.33. The number of rotatable bonds is 4. The Bertz CT molecular complexity index is 1280. The lowest BCUT2D eigenvalue weighted by molar-refractivity contribution is 0.0592. The summed E-state index contributed by atoms with van der Waals surface area (Å²) in [5.74, 6) is 1.81. The van der Waals surface area contributed by atoms with Gasteiger partial charge in [-0.1, -0.05) is 30.3 Å². The number of ether oxygens (including phenoxy) is 1. The second-order valence-corrected chi connectivity index (χ2v) is 8.00. The molecular weight excluding hydrogens is 408 g/mol. The van der Waals surface area contributed by atoms with E-state index in [4.69, 9.17) is 4.74 Å². The van der Waals surface area contributed by atoms with Gasteiger partial charge in [0.15, 0.2) is 11.4 Å². The number of carbonyl (C=O) groups excluding carboxylic acids is 1. The highest BCUT2D eigenvalue weighted by molar-refractivity contribution is 6.15. The van der Waals surface area contributed by atoms with E-state index >= 15 is 0 Å². The summed E-state index contributed by atoms with van der Waals surface area (Å²) in [6.07, 6.45) is 3.02. The molecule has 2 atom stereocenters. The van der Waals surface area contributed by atoms with Crippen molar-refractivity contribution in [1.29, 1.82) is 0 Å². The number of methoxy groups -OCH3 is 1. The van der Waals surface area contributed by atoms with Crippen LogP contribution in [0.3, 0.4) is 0 Å². The molecule has 0 radical (unpaired) electrons. The SMILES string of the molecule is COc1ccc(CN2C(=O)N3CC(c4ccccc4O)C34C2=NC=Nc2nc[nH]c24)cc1. The lowest BCUT2D eigenvalue weighted by atomic mass is 9.68. The van der Waals surface area contributed by atoms with Crippen LogP contribution in [0.2, 0.25) is 0 Å². The first-order valence-electron chi connectivity index (χ1n) is 10.3. The molecule has 160 valence electrons. The number of benzene rings is 2. The monoisotopic (exact) mass is 428 g/mol. The van der Waals surface area contributed by atoms with E-state index in [1.807, 2.05) is 36.4 Å². The second-order valence-electron chi connectivity index (χ2n) is 8.00. The number of H-pyrrole nitrogens is 1. The number of phenolic OH excluding ortho intramolecular Hbond substituents is 1. The zero-order chi connectivity index (χ0) is 21.9. The molecule has 3 aliphatic rings. The van der Waals surface area contributed by atoms with E-state index in [1.165, 1.54) is 6.34 Å². The molecule has 0 bridgehead atoms. The molecule has 0 saturated carbocycles. The number of fused-ring (bicyclic) bond motifs is 1. The summed E-state index contributed by atoms with van der Waals surface area (Å²) < 4.78 is 5.25. The van der Waals surface area contributed by atoms with E-state index in [9.17, 15) is 9.90 Å². The fourth-order valence-electron chi connectivity index (χ4n) is 5.04. The maximum atomic E-state index is 13.6. The number of amidine groups is 1. The van der Waals surface area contributed by atoms with Crippen molar-refractivity contribution in [2.75, 3.05) is 13.7 Å². The van der Waals surface area contributed by atoms with Crippen molar-refractivity contribution < 1.29 is 14.6 Å². The summed E-state index contributed by atoms with van der Waals surface area (Å²) in [5, 5.41) is 10.6. The number of carbonyl (C=O) groups is 1. The number of hydrogen-bond donors (Lipinski definition) is 2. The van der Waals surface area contributed by atoms with Gasteiger partial charge >= 0.3 is 6.03 Å². The van der Waals surface area contributed by atoms with E-state index in [2.05, 4.69) is 20.0 Å². The minimum absolute atomic E-state index is 0.137. The molecule has 2 aromatic carbocycles. The zero-order valence-electron chi connectivity index (χ0n) is 17.3. The lowest BCUT2D eigenvalue weighted by Crippen LogP contribution is -2.63. The first-order valence-corrected chi connectivity index (χ1v) is 10.3. The number of para-hydroxylation sites is 1. The van der Waals surface area contributed by atoms with Gasteiger partial charge in [0.1, 0.15) is 23.7 Å². The molecule has 6 rings (SSSR count). The van der Waals surface area contributed by atoms with Crippen LogP contribution in [-0.4, -0.2) is 56.7 Å². The van der Waals surface area contributed by atoms with Crippen molar-refractivity contribution in [3.05, 3.63) is 71.7 Å². The molecule has 32 heavy (non-hydrogen) atoms. The van der Waals surface area contributed by atoms with Gasteiger partial charge in [0, 0.05) is 18.0 Å². The molecular formula is C23H20N6O3. The molecule has 2 unspecified atom stereocenters. The predicted octanol–water partition coefficient (Wildman–Crippen LogP) is 3.13. The fraction of sp³-hybridized carbons (Fsp3) is 0.217. The molecule has 9 heteroatoms. The van der Waals surface area contributed by atoms with E-state index < -0.39 is 5.54 Å². The van der Waals surface area contributed by atoms with Gasteiger partial charge in [0.2, 0.25) is 0 Å². The Kier molecular flexibility index (Phi) is 3.89. The molecule has 2 N–H and O–H groups in total. The average Bonchev–Trinajstić information content (AvgIpc) is 3.26. The van der Waals surface area contributed by atoms with Crippen LogP contribution in [0, 0.1) is 0 Å². The van der Waals surface area contributed by atoms with E-state index in [0.29, 0.717) is 30.4 Å². The van der Waals surface area contributed by atoms with Gasteiger partial charge in [-0.2, -0.15) is 0 Å². The van der Waals surface area contributed by atoms with Crippen molar-refractivity contribution in [3.8, 4) is 11.5 Å². The Morgan fingerprint density at radius 3 is 2.81 bits per heavy atom. The van der Waals surface area contributed by atoms with Gasteiger partial charge in [0.25, 0.3) is 0 Å². The summed E-state index contributed by atoms with van der Waals surface area (Å²) in [5.41, 5.74) is 1.50. The van der Waals surface area contributed by atoms with E-state index in [1.54, 1.807) is 35.4 Å². The molecule has 1 spiro atoms. The highest BCUT2D eigenvalue weighted by Crippen LogP contribution is 2.59. The summed E-state index contributed by atoms with van der Waals surface area (Å²) in [7, 11) is 1.62. The molecule has 3 aromatic rings. The summed E-state index contributed by atoms with van der Waals surface area (Å²) in [6.45, 7) is 0.803. The summed E-state index contributed by atoms with van der Waals surface area (Å²) in [6, 6.07) is 14.7. The van der Waals surface area contributed by atoms with Gasteiger partial charge < -0.3 is 19.7 Å². The van der Waals surface area contributed by atoms with Gasteiger partial charge in [-0.15, -0.1) is 0 Å². The number of phenols is 1. The summed E-state index contributed by atoms with van der Waals surface area (Å²) >= 11 is 0. The quantitative estimate of drug-likeness (QED) is 0.666. The smallest absolute Gasteiger partial charge is 0.327 e. The van der Waals surface area contributed by atoms with Crippen molar-refractivity contribution >= 4 is 24.0 Å². The molecule has 1 aromatic heterocycles. The number of amides is 2. The van der Waals surface area contributed by atoms with Crippen LogP contribution < -0.4 is 4.74 Å². The Morgan fingerprint density at radius 1 is 1.22 bits per heavy atom. The van der Waals surface area contributed by atoms with Gasteiger partial charge in [-0.25, -0.2) is 19.8 Å². The Labute approximate surface area is 183 Å². The van der Waals surface area contributed by atoms with Crippen molar-refractivity contribution in [2.24, 2.45) is 9.98 Å². The number of nitrogens with zero attached hydrogens (tertiary/aromatic N) is 5. The normalized spacial score (nSPS) is 23.1. The van der Waals surface area contributed by atoms with Crippen LogP contribution in [0.4, 0.5) is 10.6 Å². The number of aromatic hydroxyl groups is 1. The molecule has 0 aliphatic carbocycles. The Morgan fingerprint density at radius 2 is 2.03 bits per heavy atom. The van der Waals surface area contributed by atoms with Crippen LogP contribution in [0.1, 0.15) is 22.7 Å². The maximum Gasteiger partial charge on any atom is 0.327 e. The number of urea groups is 1. The number of aliphatic imine (C=N–C) groups is 2. The molecule has 2 saturated heterocycles. The Hall–Kier alpha value is -4.14. The summed E-state index contributed by atoms with van der Waals surface area (Å²) in [4.78, 5) is 33.6. The minimum atomic E-state index is -0.912. The largest absolute Gasteiger partial charge is 0.508 e. The van der Waals surface area contributed by atoms with E-state index in [-0.39, 0.29) is 17.7 Å². The molecule has 4 heterocycles. The lowest BCUT2D eigenvalue weighted by Gasteiger charge is -2.52. The van der Waals surface area contributed by atoms with Crippen molar-refractivity contribution in [3.63, 3.8) is 0 Å². The molecule has 2 amide bonds. The topological polar surface area (TPSA) is 106 Å². The highest BCUT2D eigenvalue weighted by atomic mass is 16.5. The van der Waals surface area contributed by atoms with Crippen LogP contribution in [0.5, 0.6) is 11.5 Å². The number of imidazole rings is 1. The van der Waals surface area contributed by atoms with Gasteiger partial charge in [-0.3, -0.25) is 4.90 Å². The van der Waals surface area contributed by atoms with Gasteiger partial charge in [0.05, 0.1) is 25.7 Å². The van der Waals surface area contributed by atoms with Crippen LogP contribution in [-0.2, 0) is 12.1 Å². The number of hydrogen-bond acceptors (Lipinski definition) is 6. The number of nitrogens with one attached hydrogen (secondary N) is 1. The second kappa shape index (κ2) is 6.68. The average molecular weight is 428 g/mol. The first-order chi connectivity index (χ1) is 15.6. The van der Waals surface area contributed by atoms with Gasteiger partial charge in [-0.05, 0) is 23.8 Å². The third-order valence-electron chi connectivity index (χ3n) is 6.53. The zero-order valence-corrected chi connectivity index (χ0v) is 17.3. The Balaban J connectivity index is 1.48. The van der Waals surface area contributed by atoms with E-state index in [0.717, 1.165) is 16.9 Å². The van der Waals surface area contributed by atoms with Crippen LogP contribution >= 0.6 is 0 Å². The maximum absolute atomic E-state index is 13.6. The third-order valence-corrected chi connectivity index (χ3v) is 6.53. The molecule has 3 aliphatic heterocycles. The predicted molar refractivity (Wildman–Crippen MR) is 117 cm³/mol.